The number of carbonyl (C=O) groups is 2. The summed E-state index contributed by atoms with van der Waals surface area (Å²) >= 11 is 0. The van der Waals surface area contributed by atoms with Gasteiger partial charge >= 0.3 is 0 Å². The highest BCUT2D eigenvalue weighted by atomic mass is 16.5. The summed E-state index contributed by atoms with van der Waals surface area (Å²) in [6, 6.07) is 7.36. The van der Waals surface area contributed by atoms with E-state index < -0.39 is 5.91 Å². The monoisotopic (exact) mass is 237 g/mol. The van der Waals surface area contributed by atoms with Crippen LogP contribution in [0.4, 0.5) is 0 Å². The molecule has 0 atom stereocenters. The number of aryl methyl sites for hydroxylation is 1. The standard InChI is InChI=1S/C11H15N3O3/c1-8-4-2-3-5-9(8)17-7-11(16)13-6-10(15)14-12/h2-5H,6-7,12H2,1H3,(H,13,16)(H,14,15). The molecule has 0 spiro atoms. The molecule has 6 nitrogen and oxygen atoms in total. The summed E-state index contributed by atoms with van der Waals surface area (Å²) in [5, 5.41) is 2.37. The molecule has 0 saturated carbocycles. The second-order valence-corrected chi connectivity index (χ2v) is 3.40. The maximum absolute atomic E-state index is 11.3. The van der Waals surface area contributed by atoms with Crippen molar-refractivity contribution < 1.29 is 14.3 Å². The zero-order valence-corrected chi connectivity index (χ0v) is 9.53. The fourth-order valence-corrected chi connectivity index (χ4v) is 1.14. The van der Waals surface area contributed by atoms with Crippen LogP contribution in [-0.2, 0) is 9.59 Å². The predicted molar refractivity (Wildman–Crippen MR) is 62.0 cm³/mol. The van der Waals surface area contributed by atoms with Crippen molar-refractivity contribution in [1.82, 2.24) is 10.7 Å². The van der Waals surface area contributed by atoms with Crippen LogP contribution >= 0.6 is 0 Å². The molecular formula is C11H15N3O3. The maximum atomic E-state index is 11.3. The number of hydrogen-bond donors (Lipinski definition) is 3. The Morgan fingerprint density at radius 2 is 2.00 bits per heavy atom. The molecule has 0 aliphatic carbocycles. The first-order valence-corrected chi connectivity index (χ1v) is 5.08. The number of nitrogens with two attached hydrogens (primary N) is 1. The number of carbonyl (C=O) groups excluding carboxylic acids is 2. The minimum atomic E-state index is -0.464. The van der Waals surface area contributed by atoms with Crippen LogP contribution in [0.25, 0.3) is 0 Å². The fourth-order valence-electron chi connectivity index (χ4n) is 1.14. The summed E-state index contributed by atoms with van der Waals surface area (Å²) in [6.45, 7) is 1.59. The first-order chi connectivity index (χ1) is 8.13. The average molecular weight is 237 g/mol. The van der Waals surface area contributed by atoms with Gasteiger partial charge in [-0.1, -0.05) is 18.2 Å². The first-order valence-electron chi connectivity index (χ1n) is 5.08. The number of benzene rings is 1. The van der Waals surface area contributed by atoms with Crippen LogP contribution in [0.1, 0.15) is 5.56 Å². The van der Waals surface area contributed by atoms with Crippen molar-refractivity contribution in [3.63, 3.8) is 0 Å². The van der Waals surface area contributed by atoms with Crippen molar-refractivity contribution in [1.29, 1.82) is 0 Å². The lowest BCUT2D eigenvalue weighted by atomic mass is 10.2. The van der Waals surface area contributed by atoms with Crippen molar-refractivity contribution in [2.75, 3.05) is 13.2 Å². The molecule has 1 aromatic rings. The van der Waals surface area contributed by atoms with Crippen LogP contribution in [0, 0.1) is 6.92 Å². The molecule has 0 aliphatic heterocycles. The summed E-state index contributed by atoms with van der Waals surface area (Å²) in [7, 11) is 0. The molecule has 0 radical (unpaired) electrons. The fraction of sp³-hybridized carbons (Fsp3) is 0.273. The number of hydrazine groups is 1. The maximum Gasteiger partial charge on any atom is 0.258 e. The van der Waals surface area contributed by atoms with Crippen LogP contribution in [0.3, 0.4) is 0 Å². The minimum Gasteiger partial charge on any atom is -0.484 e. The molecule has 4 N–H and O–H groups in total. The zero-order valence-electron chi connectivity index (χ0n) is 9.53. The highest BCUT2D eigenvalue weighted by Crippen LogP contribution is 2.15. The second kappa shape index (κ2) is 6.49. The van der Waals surface area contributed by atoms with E-state index in [0.29, 0.717) is 5.75 Å². The van der Waals surface area contributed by atoms with E-state index in [1.54, 1.807) is 6.07 Å². The van der Waals surface area contributed by atoms with Gasteiger partial charge in [-0.2, -0.15) is 0 Å². The van der Waals surface area contributed by atoms with Crippen LogP contribution in [0.2, 0.25) is 0 Å². The summed E-state index contributed by atoms with van der Waals surface area (Å²) in [5.74, 6) is 4.66. The topological polar surface area (TPSA) is 93.4 Å². The molecule has 0 bridgehead atoms. The molecule has 0 saturated heterocycles. The third-order valence-corrected chi connectivity index (χ3v) is 2.06. The molecule has 0 aromatic heterocycles. The van der Waals surface area contributed by atoms with E-state index in [1.165, 1.54) is 0 Å². The summed E-state index contributed by atoms with van der Waals surface area (Å²) in [6.07, 6.45) is 0. The number of nitrogens with one attached hydrogen (secondary N) is 2. The number of ether oxygens (including phenoxy) is 1. The van der Waals surface area contributed by atoms with E-state index in [9.17, 15) is 9.59 Å². The van der Waals surface area contributed by atoms with E-state index in [1.807, 2.05) is 30.5 Å². The van der Waals surface area contributed by atoms with Gasteiger partial charge in [-0.15, -0.1) is 0 Å². The Bertz CT molecular complexity index is 407. The highest BCUT2D eigenvalue weighted by molar-refractivity contribution is 5.84. The van der Waals surface area contributed by atoms with E-state index in [0.717, 1.165) is 5.56 Å². The summed E-state index contributed by atoms with van der Waals surface area (Å²) in [5.41, 5.74) is 2.85. The van der Waals surface area contributed by atoms with Crippen molar-refractivity contribution >= 4 is 11.8 Å². The number of rotatable bonds is 5. The molecule has 0 unspecified atom stereocenters. The lowest BCUT2D eigenvalue weighted by molar-refractivity contribution is -0.127. The van der Waals surface area contributed by atoms with Gasteiger partial charge in [0, 0.05) is 0 Å². The molecular weight excluding hydrogens is 222 g/mol. The van der Waals surface area contributed by atoms with Crippen LogP contribution in [0.5, 0.6) is 5.75 Å². The molecule has 92 valence electrons. The molecule has 1 aromatic carbocycles. The zero-order chi connectivity index (χ0) is 12.7. The highest BCUT2D eigenvalue weighted by Gasteiger charge is 2.05. The lowest BCUT2D eigenvalue weighted by Crippen LogP contribution is -2.41. The Balaban J connectivity index is 2.34. The predicted octanol–water partition coefficient (Wildman–Crippen LogP) is -0.520. The van der Waals surface area contributed by atoms with Gasteiger partial charge in [0.1, 0.15) is 5.75 Å². The smallest absolute Gasteiger partial charge is 0.258 e. The normalized spacial score (nSPS) is 9.53. The Morgan fingerprint density at radius 3 is 2.65 bits per heavy atom. The van der Waals surface area contributed by atoms with Crippen LogP contribution in [-0.4, -0.2) is 25.0 Å². The van der Waals surface area contributed by atoms with Crippen molar-refractivity contribution in [3.8, 4) is 5.75 Å². The third kappa shape index (κ3) is 4.52. The number of hydrogen-bond acceptors (Lipinski definition) is 4. The minimum absolute atomic E-state index is 0.136. The Labute approximate surface area is 99.1 Å². The van der Waals surface area contributed by atoms with Gasteiger partial charge in [-0.3, -0.25) is 15.0 Å². The van der Waals surface area contributed by atoms with Gasteiger partial charge in [0.15, 0.2) is 6.61 Å². The van der Waals surface area contributed by atoms with Gasteiger partial charge in [-0.05, 0) is 18.6 Å². The van der Waals surface area contributed by atoms with Crippen molar-refractivity contribution in [3.05, 3.63) is 29.8 Å². The third-order valence-electron chi connectivity index (χ3n) is 2.06. The van der Waals surface area contributed by atoms with Gasteiger partial charge in [0.2, 0.25) is 0 Å². The van der Waals surface area contributed by atoms with Gasteiger partial charge in [-0.25, -0.2) is 5.84 Å². The van der Waals surface area contributed by atoms with Crippen LogP contribution < -0.4 is 21.3 Å². The molecule has 0 fully saturated rings. The van der Waals surface area contributed by atoms with E-state index >= 15 is 0 Å². The Morgan fingerprint density at radius 1 is 1.29 bits per heavy atom. The molecule has 17 heavy (non-hydrogen) atoms. The molecule has 0 aliphatic rings. The largest absolute Gasteiger partial charge is 0.484 e. The number of amides is 2. The summed E-state index contributed by atoms with van der Waals surface area (Å²) in [4.78, 5) is 22.0. The number of para-hydroxylation sites is 1. The molecule has 1 rings (SSSR count). The van der Waals surface area contributed by atoms with Gasteiger partial charge in [0.25, 0.3) is 11.8 Å². The second-order valence-electron chi connectivity index (χ2n) is 3.40. The molecule has 0 heterocycles. The summed E-state index contributed by atoms with van der Waals surface area (Å²) < 4.78 is 5.29. The van der Waals surface area contributed by atoms with Gasteiger partial charge in [0.05, 0.1) is 6.54 Å². The quantitative estimate of drug-likeness (QED) is 0.365. The average Bonchev–Trinajstić information content (AvgIpc) is 2.35. The van der Waals surface area contributed by atoms with Crippen molar-refractivity contribution in [2.45, 2.75) is 6.92 Å². The SMILES string of the molecule is Cc1ccccc1OCC(=O)NCC(=O)NN. The first kappa shape index (κ1) is 13.0. The van der Waals surface area contributed by atoms with Crippen molar-refractivity contribution in [2.24, 2.45) is 5.84 Å². The molecule has 2 amide bonds. The van der Waals surface area contributed by atoms with E-state index in [-0.39, 0.29) is 19.1 Å². The van der Waals surface area contributed by atoms with E-state index in [2.05, 4.69) is 5.32 Å². The van der Waals surface area contributed by atoms with E-state index in [4.69, 9.17) is 10.6 Å². The van der Waals surface area contributed by atoms with Gasteiger partial charge < -0.3 is 10.1 Å². The van der Waals surface area contributed by atoms with Crippen LogP contribution in [0.15, 0.2) is 24.3 Å². The molecule has 6 heteroatoms. The Hall–Kier alpha value is -2.08. The lowest BCUT2D eigenvalue weighted by Gasteiger charge is -2.08. The Kier molecular flexibility index (Phi) is 4.96.